The molecule has 1 aliphatic rings. The molecule has 3 N–H and O–H groups in total. The quantitative estimate of drug-likeness (QED) is 0.804. The molecule has 0 saturated carbocycles. The number of rotatable bonds is 6. The number of hydrogen-bond donors (Lipinski definition) is 2. The summed E-state index contributed by atoms with van der Waals surface area (Å²) in [5, 5.41) is 2.73. The molecule has 0 radical (unpaired) electrons. The van der Waals surface area contributed by atoms with Crippen LogP contribution in [0.2, 0.25) is 0 Å². The number of ether oxygens (including phenoxy) is 2. The molecule has 1 saturated heterocycles. The van der Waals surface area contributed by atoms with Crippen molar-refractivity contribution < 1.29 is 23.5 Å². The van der Waals surface area contributed by atoms with Crippen LogP contribution >= 0.6 is 0 Å². The van der Waals surface area contributed by atoms with Crippen LogP contribution in [0.15, 0.2) is 24.3 Å². The van der Waals surface area contributed by atoms with Crippen molar-refractivity contribution in [1.29, 1.82) is 0 Å². The number of urea groups is 1. The lowest BCUT2D eigenvalue weighted by atomic mass is 10.2. The molecule has 1 aromatic rings. The molecule has 7 nitrogen and oxygen atoms in total. The van der Waals surface area contributed by atoms with Crippen molar-refractivity contribution in [2.45, 2.75) is 25.6 Å². The third kappa shape index (κ3) is 4.82. The average Bonchev–Trinajstić information content (AvgIpc) is 2.60. The van der Waals surface area contributed by atoms with Crippen LogP contribution in [-0.4, -0.2) is 55.3 Å². The third-order valence-corrected chi connectivity index (χ3v) is 3.74. The number of carbonyl (C=O) groups is 2. The fourth-order valence-electron chi connectivity index (χ4n) is 2.31. The van der Waals surface area contributed by atoms with E-state index in [1.165, 1.54) is 11.0 Å². The largest absolute Gasteiger partial charge is 0.486 e. The van der Waals surface area contributed by atoms with E-state index in [0.29, 0.717) is 13.0 Å². The molecular weight excluding hydrogens is 317 g/mol. The van der Waals surface area contributed by atoms with Crippen molar-refractivity contribution in [2.24, 2.45) is 5.73 Å². The van der Waals surface area contributed by atoms with Gasteiger partial charge in [0.25, 0.3) is 0 Å². The molecule has 0 unspecified atom stereocenters. The maximum absolute atomic E-state index is 13.6. The Morgan fingerprint density at radius 1 is 1.50 bits per heavy atom. The summed E-state index contributed by atoms with van der Waals surface area (Å²) in [6.45, 7) is 2.86. The van der Waals surface area contributed by atoms with Crippen molar-refractivity contribution in [3.8, 4) is 5.75 Å². The zero-order valence-electron chi connectivity index (χ0n) is 13.5. The smallest absolute Gasteiger partial charge is 0.317 e. The van der Waals surface area contributed by atoms with Gasteiger partial charge >= 0.3 is 6.03 Å². The van der Waals surface area contributed by atoms with E-state index in [9.17, 15) is 14.0 Å². The molecule has 0 spiro atoms. The number of para-hydroxylation sites is 1. The summed E-state index contributed by atoms with van der Waals surface area (Å²) >= 11 is 0. The second-order valence-electron chi connectivity index (χ2n) is 5.47. The van der Waals surface area contributed by atoms with Crippen molar-refractivity contribution in [3.05, 3.63) is 30.1 Å². The first-order valence-corrected chi connectivity index (χ1v) is 7.86. The average molecular weight is 339 g/mol. The summed E-state index contributed by atoms with van der Waals surface area (Å²) in [6, 6.07) is 5.79. The monoisotopic (exact) mass is 339 g/mol. The van der Waals surface area contributed by atoms with Crippen LogP contribution < -0.4 is 15.8 Å². The molecule has 0 aliphatic carbocycles. The van der Waals surface area contributed by atoms with E-state index in [1.807, 2.05) is 6.92 Å². The van der Waals surface area contributed by atoms with E-state index in [4.69, 9.17) is 15.2 Å². The highest BCUT2D eigenvalue weighted by Crippen LogP contribution is 2.17. The minimum absolute atomic E-state index is 0.117. The number of halogens is 1. The van der Waals surface area contributed by atoms with Crippen molar-refractivity contribution in [2.75, 3.05) is 26.2 Å². The van der Waals surface area contributed by atoms with Crippen LogP contribution in [0.25, 0.3) is 0 Å². The van der Waals surface area contributed by atoms with Gasteiger partial charge in [-0.1, -0.05) is 19.1 Å². The molecule has 0 bridgehead atoms. The Kier molecular flexibility index (Phi) is 6.36. The van der Waals surface area contributed by atoms with Crippen molar-refractivity contribution >= 4 is 11.9 Å². The molecule has 2 rings (SSSR count). The topological polar surface area (TPSA) is 93.9 Å². The minimum Gasteiger partial charge on any atom is -0.486 e. The summed E-state index contributed by atoms with van der Waals surface area (Å²) in [5.41, 5.74) is 5.20. The van der Waals surface area contributed by atoms with Gasteiger partial charge in [-0.2, -0.15) is 0 Å². The SMILES string of the molecule is CC[C@@H](CNC(=O)N1CCO[C@@H](C(N)=O)C1)Oc1ccccc1F. The fourth-order valence-corrected chi connectivity index (χ4v) is 2.31. The van der Waals surface area contributed by atoms with Crippen molar-refractivity contribution in [3.63, 3.8) is 0 Å². The van der Waals surface area contributed by atoms with E-state index in [-0.39, 0.29) is 37.6 Å². The van der Waals surface area contributed by atoms with Gasteiger partial charge in [0.15, 0.2) is 17.7 Å². The van der Waals surface area contributed by atoms with Gasteiger partial charge in [0, 0.05) is 6.54 Å². The second kappa shape index (κ2) is 8.49. The number of benzene rings is 1. The molecule has 1 fully saturated rings. The molecular formula is C16H22FN3O4. The Balaban J connectivity index is 1.85. The van der Waals surface area contributed by atoms with Gasteiger partial charge in [-0.05, 0) is 18.6 Å². The zero-order chi connectivity index (χ0) is 17.5. The summed E-state index contributed by atoms with van der Waals surface area (Å²) in [6.07, 6.45) is -0.554. The lowest BCUT2D eigenvalue weighted by Crippen LogP contribution is -2.54. The maximum Gasteiger partial charge on any atom is 0.317 e. The predicted octanol–water partition coefficient (Wildman–Crippen LogP) is 0.879. The van der Waals surface area contributed by atoms with Crippen LogP contribution in [0.1, 0.15) is 13.3 Å². The predicted molar refractivity (Wildman–Crippen MR) is 85.0 cm³/mol. The van der Waals surface area contributed by atoms with E-state index in [0.717, 1.165) is 0 Å². The number of nitrogens with one attached hydrogen (secondary N) is 1. The maximum atomic E-state index is 13.6. The van der Waals surface area contributed by atoms with Crippen LogP contribution in [0.5, 0.6) is 5.75 Å². The molecule has 3 amide bonds. The molecule has 2 atom stereocenters. The van der Waals surface area contributed by atoms with Gasteiger partial charge in [0.05, 0.1) is 19.7 Å². The molecule has 1 heterocycles. The normalized spacial score (nSPS) is 18.8. The number of primary amides is 1. The summed E-state index contributed by atoms with van der Waals surface area (Å²) < 4.78 is 24.4. The van der Waals surface area contributed by atoms with Gasteiger partial charge in [-0.25, -0.2) is 9.18 Å². The second-order valence-corrected chi connectivity index (χ2v) is 5.47. The minimum atomic E-state index is -0.791. The highest BCUT2D eigenvalue weighted by molar-refractivity contribution is 5.81. The first kappa shape index (κ1) is 18.0. The van der Waals surface area contributed by atoms with Crippen LogP contribution in [0.4, 0.5) is 9.18 Å². The first-order chi connectivity index (χ1) is 11.5. The van der Waals surface area contributed by atoms with E-state index >= 15 is 0 Å². The lowest BCUT2D eigenvalue weighted by Gasteiger charge is -2.31. The van der Waals surface area contributed by atoms with Crippen LogP contribution in [-0.2, 0) is 9.53 Å². The molecule has 0 aromatic heterocycles. The molecule has 1 aromatic carbocycles. The zero-order valence-corrected chi connectivity index (χ0v) is 13.5. The third-order valence-electron chi connectivity index (χ3n) is 3.74. The van der Waals surface area contributed by atoms with Crippen LogP contribution in [0, 0.1) is 5.82 Å². The van der Waals surface area contributed by atoms with Gasteiger partial charge in [0.2, 0.25) is 5.91 Å². The van der Waals surface area contributed by atoms with Gasteiger partial charge in [-0.15, -0.1) is 0 Å². The Morgan fingerprint density at radius 3 is 2.92 bits per heavy atom. The van der Waals surface area contributed by atoms with Crippen molar-refractivity contribution in [1.82, 2.24) is 10.2 Å². The van der Waals surface area contributed by atoms with E-state index < -0.39 is 17.8 Å². The Bertz CT molecular complexity index is 584. The summed E-state index contributed by atoms with van der Waals surface area (Å²) in [4.78, 5) is 24.8. The van der Waals surface area contributed by atoms with Gasteiger partial charge in [-0.3, -0.25) is 4.79 Å². The number of nitrogens with zero attached hydrogens (tertiary/aromatic N) is 1. The number of amides is 3. The Hall–Kier alpha value is -2.35. The fraction of sp³-hybridized carbons (Fsp3) is 0.500. The van der Waals surface area contributed by atoms with E-state index in [1.54, 1.807) is 18.2 Å². The number of carbonyl (C=O) groups excluding carboxylic acids is 2. The lowest BCUT2D eigenvalue weighted by molar-refractivity contribution is -0.133. The summed E-state index contributed by atoms with van der Waals surface area (Å²) in [5.74, 6) is -0.889. The number of morpholine rings is 1. The highest BCUT2D eigenvalue weighted by Gasteiger charge is 2.28. The van der Waals surface area contributed by atoms with E-state index in [2.05, 4.69) is 5.32 Å². The highest BCUT2D eigenvalue weighted by atomic mass is 19.1. The molecule has 132 valence electrons. The van der Waals surface area contributed by atoms with Crippen LogP contribution in [0.3, 0.4) is 0 Å². The standard InChI is InChI=1S/C16H22FN3O4/c1-2-11(24-13-6-4-3-5-12(13)17)9-19-16(22)20-7-8-23-14(10-20)15(18)21/h3-6,11,14H,2,7-10H2,1H3,(H2,18,21)(H,19,22)/t11-,14+/m0/s1. The molecule has 8 heteroatoms. The first-order valence-electron chi connectivity index (χ1n) is 7.86. The molecule has 1 aliphatic heterocycles. The molecule has 24 heavy (non-hydrogen) atoms. The Morgan fingerprint density at radius 2 is 2.25 bits per heavy atom. The van der Waals surface area contributed by atoms with Gasteiger partial charge < -0.3 is 25.4 Å². The summed E-state index contributed by atoms with van der Waals surface area (Å²) in [7, 11) is 0. The van der Waals surface area contributed by atoms with Gasteiger partial charge in [0.1, 0.15) is 6.10 Å². The number of nitrogens with two attached hydrogens (primary N) is 1. The Labute approximate surface area is 139 Å². The number of hydrogen-bond acceptors (Lipinski definition) is 4.